The van der Waals surface area contributed by atoms with Crippen molar-refractivity contribution in [2.24, 2.45) is 0 Å². The lowest BCUT2D eigenvalue weighted by molar-refractivity contribution is 0.0991. The van der Waals surface area contributed by atoms with Crippen molar-refractivity contribution in [1.82, 2.24) is 10.2 Å². The zero-order chi connectivity index (χ0) is 15.5. The van der Waals surface area contributed by atoms with Crippen molar-refractivity contribution in [3.8, 4) is 11.5 Å². The molecule has 0 spiro atoms. The number of aromatic nitrogens is 2. The zero-order valence-corrected chi connectivity index (χ0v) is 13.3. The molecule has 0 fully saturated rings. The predicted octanol–water partition coefficient (Wildman–Crippen LogP) is 4.06. The van der Waals surface area contributed by atoms with Crippen molar-refractivity contribution in [2.45, 2.75) is 6.92 Å². The normalized spacial score (nSPS) is 10.5. The van der Waals surface area contributed by atoms with E-state index in [-0.39, 0.29) is 5.89 Å². The van der Waals surface area contributed by atoms with Crippen molar-refractivity contribution >= 4 is 27.5 Å². The van der Waals surface area contributed by atoms with Gasteiger partial charge in [-0.25, -0.2) is 0 Å². The molecular weight excluding hydrogens is 346 g/mol. The van der Waals surface area contributed by atoms with Crippen LogP contribution in [0.2, 0.25) is 0 Å². The lowest BCUT2D eigenvalue weighted by Gasteiger charge is -2.05. The minimum atomic E-state index is -0.445. The van der Waals surface area contributed by atoms with E-state index in [0.29, 0.717) is 11.6 Å². The molecule has 0 saturated heterocycles. The number of hydrogen-bond acceptors (Lipinski definition) is 4. The summed E-state index contributed by atoms with van der Waals surface area (Å²) in [6.45, 7) is 1.97. The van der Waals surface area contributed by atoms with Crippen molar-refractivity contribution in [1.29, 1.82) is 0 Å². The highest BCUT2D eigenvalue weighted by atomic mass is 79.9. The Morgan fingerprint density at radius 2 is 1.91 bits per heavy atom. The van der Waals surface area contributed by atoms with Crippen LogP contribution < -0.4 is 5.32 Å². The van der Waals surface area contributed by atoms with Gasteiger partial charge in [0.25, 0.3) is 0 Å². The number of aryl methyl sites for hydroxylation is 1. The number of hydrogen-bond donors (Lipinski definition) is 1. The first-order valence-electron chi connectivity index (χ1n) is 6.60. The van der Waals surface area contributed by atoms with Crippen LogP contribution in [0.1, 0.15) is 16.2 Å². The summed E-state index contributed by atoms with van der Waals surface area (Å²) in [5, 5.41) is 10.4. The first-order chi connectivity index (χ1) is 10.6. The molecule has 0 saturated carbocycles. The molecule has 3 rings (SSSR count). The van der Waals surface area contributed by atoms with Gasteiger partial charge in [-0.3, -0.25) is 4.79 Å². The molecular formula is C16H12BrN3O2. The van der Waals surface area contributed by atoms with Crippen LogP contribution in [-0.2, 0) is 0 Å². The summed E-state index contributed by atoms with van der Waals surface area (Å²) in [5.41, 5.74) is 2.51. The third kappa shape index (κ3) is 3.07. The topological polar surface area (TPSA) is 68.0 Å². The Labute approximate surface area is 135 Å². The molecule has 0 aliphatic rings. The van der Waals surface area contributed by atoms with Crippen molar-refractivity contribution in [3.05, 3.63) is 64.5 Å². The van der Waals surface area contributed by atoms with Gasteiger partial charge in [0.1, 0.15) is 0 Å². The van der Waals surface area contributed by atoms with E-state index in [2.05, 4.69) is 31.4 Å². The molecule has 1 amide bonds. The SMILES string of the molecule is Cc1ccc(NC(=O)c2nnc(-c3ccccc3)o2)c(Br)c1. The van der Waals surface area contributed by atoms with Crippen LogP contribution in [0.4, 0.5) is 5.69 Å². The van der Waals surface area contributed by atoms with E-state index in [0.717, 1.165) is 15.6 Å². The second kappa shape index (κ2) is 6.11. The molecule has 0 radical (unpaired) electrons. The fourth-order valence-corrected chi connectivity index (χ4v) is 2.50. The van der Waals surface area contributed by atoms with Crippen LogP contribution in [0.25, 0.3) is 11.5 Å². The van der Waals surface area contributed by atoms with Gasteiger partial charge in [-0.1, -0.05) is 24.3 Å². The number of nitrogens with zero attached hydrogens (tertiary/aromatic N) is 2. The molecule has 1 heterocycles. The Bertz CT molecular complexity index is 815. The number of nitrogens with one attached hydrogen (secondary N) is 1. The van der Waals surface area contributed by atoms with Crippen LogP contribution in [0, 0.1) is 6.92 Å². The lowest BCUT2D eigenvalue weighted by Crippen LogP contribution is -2.12. The highest BCUT2D eigenvalue weighted by molar-refractivity contribution is 9.10. The Morgan fingerprint density at radius 1 is 1.14 bits per heavy atom. The van der Waals surface area contributed by atoms with Gasteiger partial charge in [-0.05, 0) is 52.7 Å². The lowest BCUT2D eigenvalue weighted by atomic mass is 10.2. The molecule has 0 bridgehead atoms. The molecule has 3 aromatic rings. The number of anilines is 1. The summed E-state index contributed by atoms with van der Waals surface area (Å²) in [6, 6.07) is 14.9. The molecule has 2 aromatic carbocycles. The molecule has 6 heteroatoms. The van der Waals surface area contributed by atoms with E-state index in [1.54, 1.807) is 0 Å². The Hall–Kier alpha value is -2.47. The summed E-state index contributed by atoms with van der Waals surface area (Å²) >= 11 is 3.41. The van der Waals surface area contributed by atoms with E-state index >= 15 is 0 Å². The average molecular weight is 358 g/mol. The molecule has 0 aliphatic heterocycles. The maximum absolute atomic E-state index is 12.2. The van der Waals surface area contributed by atoms with Crippen molar-refractivity contribution in [2.75, 3.05) is 5.32 Å². The summed E-state index contributed by atoms with van der Waals surface area (Å²) < 4.78 is 6.21. The first kappa shape index (κ1) is 14.5. The highest BCUT2D eigenvalue weighted by Gasteiger charge is 2.16. The fraction of sp³-hybridized carbons (Fsp3) is 0.0625. The van der Waals surface area contributed by atoms with Gasteiger partial charge in [0, 0.05) is 10.0 Å². The molecule has 0 atom stereocenters. The highest BCUT2D eigenvalue weighted by Crippen LogP contribution is 2.24. The monoisotopic (exact) mass is 357 g/mol. The Morgan fingerprint density at radius 3 is 2.64 bits per heavy atom. The van der Waals surface area contributed by atoms with E-state index in [1.165, 1.54) is 0 Å². The van der Waals surface area contributed by atoms with Gasteiger partial charge in [0.15, 0.2) is 0 Å². The quantitative estimate of drug-likeness (QED) is 0.767. The number of carbonyl (C=O) groups is 1. The number of halogens is 1. The third-order valence-corrected chi connectivity index (χ3v) is 3.67. The first-order valence-corrected chi connectivity index (χ1v) is 7.39. The maximum atomic E-state index is 12.2. The van der Waals surface area contributed by atoms with Crippen LogP contribution >= 0.6 is 15.9 Å². The molecule has 22 heavy (non-hydrogen) atoms. The number of rotatable bonds is 3. The van der Waals surface area contributed by atoms with E-state index in [1.807, 2.05) is 55.5 Å². The Kier molecular flexibility index (Phi) is 4.02. The third-order valence-electron chi connectivity index (χ3n) is 3.01. The number of amides is 1. The van der Waals surface area contributed by atoms with Gasteiger partial charge in [-0.2, -0.15) is 0 Å². The van der Waals surface area contributed by atoms with E-state index in [9.17, 15) is 4.79 Å². The average Bonchev–Trinajstić information content (AvgIpc) is 3.01. The fourth-order valence-electron chi connectivity index (χ4n) is 1.91. The predicted molar refractivity (Wildman–Crippen MR) is 86.6 cm³/mol. The molecule has 0 unspecified atom stereocenters. The van der Waals surface area contributed by atoms with Gasteiger partial charge in [0.2, 0.25) is 5.89 Å². The minimum Gasteiger partial charge on any atom is -0.412 e. The molecule has 1 aromatic heterocycles. The number of benzene rings is 2. The van der Waals surface area contributed by atoms with Gasteiger partial charge in [-0.15, -0.1) is 10.2 Å². The number of carbonyl (C=O) groups excluding carboxylic acids is 1. The molecule has 5 nitrogen and oxygen atoms in total. The maximum Gasteiger partial charge on any atom is 0.313 e. The smallest absolute Gasteiger partial charge is 0.313 e. The van der Waals surface area contributed by atoms with Crippen LogP contribution in [0.15, 0.2) is 57.4 Å². The van der Waals surface area contributed by atoms with Crippen molar-refractivity contribution in [3.63, 3.8) is 0 Å². The Balaban J connectivity index is 1.80. The minimum absolute atomic E-state index is 0.0775. The summed E-state index contributed by atoms with van der Waals surface area (Å²) in [6.07, 6.45) is 0. The molecule has 110 valence electrons. The molecule has 1 N–H and O–H groups in total. The second-order valence-corrected chi connectivity index (χ2v) is 5.57. The van der Waals surface area contributed by atoms with Crippen LogP contribution in [0.3, 0.4) is 0 Å². The van der Waals surface area contributed by atoms with E-state index < -0.39 is 5.91 Å². The van der Waals surface area contributed by atoms with Gasteiger partial charge >= 0.3 is 11.8 Å². The van der Waals surface area contributed by atoms with Crippen molar-refractivity contribution < 1.29 is 9.21 Å². The van der Waals surface area contributed by atoms with Gasteiger partial charge in [0.05, 0.1) is 5.69 Å². The second-order valence-electron chi connectivity index (χ2n) is 4.72. The largest absolute Gasteiger partial charge is 0.412 e. The summed E-state index contributed by atoms with van der Waals surface area (Å²) in [4.78, 5) is 12.2. The standard InChI is InChI=1S/C16H12BrN3O2/c1-10-7-8-13(12(17)9-10)18-14(21)16-20-19-15(22-16)11-5-3-2-4-6-11/h2-9H,1H3,(H,18,21). The van der Waals surface area contributed by atoms with Crippen LogP contribution in [0.5, 0.6) is 0 Å². The zero-order valence-electron chi connectivity index (χ0n) is 11.7. The van der Waals surface area contributed by atoms with E-state index in [4.69, 9.17) is 4.42 Å². The summed E-state index contributed by atoms with van der Waals surface area (Å²) in [5.74, 6) is -0.209. The van der Waals surface area contributed by atoms with Crippen LogP contribution in [-0.4, -0.2) is 16.1 Å². The molecule has 0 aliphatic carbocycles. The summed E-state index contributed by atoms with van der Waals surface area (Å²) in [7, 11) is 0. The van der Waals surface area contributed by atoms with Gasteiger partial charge < -0.3 is 9.73 Å².